The molecule has 4 unspecified atom stereocenters. The first-order valence-electron chi connectivity index (χ1n) is 19.1. The van der Waals surface area contributed by atoms with Gasteiger partial charge < -0.3 is 93.7 Å². The summed E-state index contributed by atoms with van der Waals surface area (Å²) in [6.07, 6.45) is -22.7. The van der Waals surface area contributed by atoms with E-state index in [1.54, 1.807) is 0 Å². The van der Waals surface area contributed by atoms with Crippen molar-refractivity contribution in [1.82, 2.24) is 0 Å². The number of aliphatic hydroxyl groups is 10. The number of carbonyl (C=O) groups is 4. The van der Waals surface area contributed by atoms with Crippen LogP contribution in [0.1, 0.15) is 25.7 Å². The summed E-state index contributed by atoms with van der Waals surface area (Å²) in [5, 5.41) is 101. The van der Waals surface area contributed by atoms with Gasteiger partial charge in [0, 0.05) is 61.2 Å². The molecule has 3 rings (SSSR count). The summed E-state index contributed by atoms with van der Waals surface area (Å²) in [7, 11) is 0. The minimum absolute atomic E-state index is 0.00801. The second-order valence-electron chi connectivity index (χ2n) is 14.2. The van der Waals surface area contributed by atoms with Crippen molar-refractivity contribution in [3.63, 3.8) is 0 Å². The standard InChI is InChI=1S/C38H56O23/c1-17(5-9-39)33(49)56-13-21-25(41)26(42)22(14-55-21)59-36(52)20(4)8-12-54-38-32(48)30(46)28(44)24(61-38)16-58-35(51)19(3)7-11-53-37-31(47)29(45)27(43)23(60-37)15-57-34(50)18(2)6-10-40/h21-32,37-48H,1-16H2/t21?,22?,23-,24-,25?,26?,27-,28-,29+,30+,31-,32-,37-,38-/m1/s1. The van der Waals surface area contributed by atoms with Crippen molar-refractivity contribution in [2.45, 2.75) is 112 Å². The number of hydrogen-bond acceptors (Lipinski definition) is 23. The van der Waals surface area contributed by atoms with Crippen LogP contribution < -0.4 is 0 Å². The van der Waals surface area contributed by atoms with Gasteiger partial charge in [-0.25, -0.2) is 19.2 Å². The first kappa shape index (κ1) is 51.6. The predicted molar refractivity (Wildman–Crippen MR) is 199 cm³/mol. The highest BCUT2D eigenvalue weighted by molar-refractivity contribution is 5.89. The Morgan fingerprint density at radius 1 is 0.475 bits per heavy atom. The van der Waals surface area contributed by atoms with Crippen molar-refractivity contribution in [2.24, 2.45) is 0 Å². The van der Waals surface area contributed by atoms with Crippen molar-refractivity contribution in [3.05, 3.63) is 48.6 Å². The van der Waals surface area contributed by atoms with Crippen molar-refractivity contribution < 1.29 is 113 Å². The van der Waals surface area contributed by atoms with Crippen LogP contribution in [0.25, 0.3) is 0 Å². The fraction of sp³-hybridized carbons (Fsp3) is 0.684. The highest BCUT2D eigenvalue weighted by Crippen LogP contribution is 2.26. The largest absolute Gasteiger partial charge is 0.459 e. The summed E-state index contributed by atoms with van der Waals surface area (Å²) in [5.41, 5.74) is -0.409. The number of esters is 4. The third-order valence-corrected chi connectivity index (χ3v) is 9.67. The zero-order valence-electron chi connectivity index (χ0n) is 33.2. The lowest BCUT2D eigenvalue weighted by Gasteiger charge is -2.40. The van der Waals surface area contributed by atoms with Crippen LogP contribution in [-0.2, 0) is 61.8 Å². The molecule has 61 heavy (non-hydrogen) atoms. The Balaban J connectivity index is 1.40. The highest BCUT2D eigenvalue weighted by Gasteiger charge is 2.47. The van der Waals surface area contributed by atoms with Gasteiger partial charge in [0.05, 0.1) is 19.8 Å². The van der Waals surface area contributed by atoms with Crippen LogP contribution >= 0.6 is 0 Å². The first-order chi connectivity index (χ1) is 28.8. The SMILES string of the molecule is C=C(CCO)C(=O)OCC1OCC(OC(=O)C(=C)CCO[C@@H]2O[C@H](COC(=O)C(=C)CCO[C@@H]3O[C@H](COC(=O)C(=C)CCO)[C@@H](O)[C@H](O)[C@H]3O)[C@@H](O)[C@H](O)[C@H]2O)C(O)C1O. The average Bonchev–Trinajstić information content (AvgIpc) is 3.23. The Morgan fingerprint density at radius 2 is 0.836 bits per heavy atom. The number of ether oxygens (including phenoxy) is 9. The molecule has 0 aromatic carbocycles. The summed E-state index contributed by atoms with van der Waals surface area (Å²) < 4.78 is 47.6. The van der Waals surface area contributed by atoms with Gasteiger partial charge in [-0.15, -0.1) is 0 Å². The summed E-state index contributed by atoms with van der Waals surface area (Å²) in [5.74, 6) is -3.71. The molecule has 0 saturated carbocycles. The summed E-state index contributed by atoms with van der Waals surface area (Å²) >= 11 is 0. The van der Waals surface area contributed by atoms with E-state index < -0.39 is 130 Å². The first-order valence-corrected chi connectivity index (χ1v) is 19.1. The zero-order valence-corrected chi connectivity index (χ0v) is 33.2. The monoisotopic (exact) mass is 880 g/mol. The smallest absolute Gasteiger partial charge is 0.333 e. The molecule has 0 amide bonds. The van der Waals surface area contributed by atoms with Crippen molar-refractivity contribution in [3.8, 4) is 0 Å². The van der Waals surface area contributed by atoms with Crippen LogP contribution in [-0.4, -0.2) is 214 Å². The quantitative estimate of drug-likeness (QED) is 0.0261. The van der Waals surface area contributed by atoms with Crippen LogP contribution in [0.4, 0.5) is 0 Å². The molecule has 0 aromatic heterocycles. The maximum atomic E-state index is 12.7. The molecule has 23 heteroatoms. The molecule has 0 aliphatic carbocycles. The molecule has 3 heterocycles. The third kappa shape index (κ3) is 14.7. The molecule has 0 radical (unpaired) electrons. The van der Waals surface area contributed by atoms with E-state index in [2.05, 4.69) is 26.3 Å². The average molecular weight is 881 g/mol. The fourth-order valence-corrected chi connectivity index (χ4v) is 5.76. The highest BCUT2D eigenvalue weighted by atomic mass is 16.7. The van der Waals surface area contributed by atoms with Gasteiger partial charge in [0.25, 0.3) is 0 Å². The molecule has 3 aliphatic heterocycles. The van der Waals surface area contributed by atoms with Crippen LogP contribution in [0, 0.1) is 0 Å². The van der Waals surface area contributed by atoms with Gasteiger partial charge >= 0.3 is 23.9 Å². The Labute approximate surface area is 349 Å². The van der Waals surface area contributed by atoms with E-state index in [1.807, 2.05) is 0 Å². The minimum Gasteiger partial charge on any atom is -0.459 e. The second-order valence-corrected chi connectivity index (χ2v) is 14.2. The van der Waals surface area contributed by atoms with E-state index in [4.69, 9.17) is 52.8 Å². The Morgan fingerprint density at radius 3 is 1.25 bits per heavy atom. The van der Waals surface area contributed by atoms with Crippen LogP contribution in [0.3, 0.4) is 0 Å². The van der Waals surface area contributed by atoms with Crippen LogP contribution in [0.5, 0.6) is 0 Å². The third-order valence-electron chi connectivity index (χ3n) is 9.67. The van der Waals surface area contributed by atoms with Crippen LogP contribution in [0.2, 0.25) is 0 Å². The Hall–Kier alpha value is -3.76. The molecule has 0 aromatic rings. The van der Waals surface area contributed by atoms with Gasteiger partial charge in [-0.1, -0.05) is 26.3 Å². The van der Waals surface area contributed by atoms with E-state index in [9.17, 15) is 60.0 Å². The van der Waals surface area contributed by atoms with Gasteiger partial charge in [-0.05, 0) is 0 Å². The van der Waals surface area contributed by atoms with Gasteiger partial charge in [-0.3, -0.25) is 0 Å². The lowest BCUT2D eigenvalue weighted by atomic mass is 9.99. The summed E-state index contributed by atoms with van der Waals surface area (Å²) in [4.78, 5) is 49.2. The second kappa shape index (κ2) is 24.8. The van der Waals surface area contributed by atoms with Crippen molar-refractivity contribution in [2.75, 3.05) is 52.9 Å². The predicted octanol–water partition coefficient (Wildman–Crippen LogP) is -4.93. The van der Waals surface area contributed by atoms with Crippen molar-refractivity contribution in [1.29, 1.82) is 0 Å². The molecular weight excluding hydrogens is 824 g/mol. The molecular formula is C38H56O23. The van der Waals surface area contributed by atoms with Gasteiger partial charge in [0.2, 0.25) is 0 Å². The molecule has 3 saturated heterocycles. The van der Waals surface area contributed by atoms with Crippen molar-refractivity contribution >= 4 is 23.9 Å². The Kier molecular flexibility index (Phi) is 20.9. The fourth-order valence-electron chi connectivity index (χ4n) is 5.76. The maximum absolute atomic E-state index is 12.7. The van der Waals surface area contributed by atoms with E-state index in [0.29, 0.717) is 0 Å². The lowest BCUT2D eigenvalue weighted by molar-refractivity contribution is -0.301. The van der Waals surface area contributed by atoms with E-state index >= 15 is 0 Å². The van der Waals surface area contributed by atoms with Gasteiger partial charge in [0.1, 0.15) is 87.0 Å². The number of rotatable bonds is 23. The Bertz CT molecular complexity index is 1530. The molecule has 3 aliphatic rings. The number of aliphatic hydroxyl groups excluding tert-OH is 10. The molecule has 346 valence electrons. The molecule has 0 bridgehead atoms. The summed E-state index contributed by atoms with van der Waals surface area (Å²) in [6, 6.07) is 0. The lowest BCUT2D eigenvalue weighted by Crippen LogP contribution is -2.59. The van der Waals surface area contributed by atoms with E-state index in [1.165, 1.54) is 0 Å². The van der Waals surface area contributed by atoms with E-state index in [0.717, 1.165) is 0 Å². The molecule has 23 nitrogen and oxygen atoms in total. The van der Waals surface area contributed by atoms with Gasteiger partial charge in [0.15, 0.2) is 18.7 Å². The van der Waals surface area contributed by atoms with Gasteiger partial charge in [-0.2, -0.15) is 0 Å². The van der Waals surface area contributed by atoms with Crippen LogP contribution in [0.15, 0.2) is 48.6 Å². The molecule has 14 atom stereocenters. The molecule has 10 N–H and O–H groups in total. The normalized spacial score (nSPS) is 32.6. The summed E-state index contributed by atoms with van der Waals surface area (Å²) in [6.45, 7) is 10.7. The zero-order chi connectivity index (χ0) is 45.6. The minimum atomic E-state index is -1.83. The maximum Gasteiger partial charge on any atom is 0.333 e. The molecule has 3 fully saturated rings. The number of carbonyl (C=O) groups excluding carboxylic acids is 4. The number of hydrogen-bond donors (Lipinski definition) is 10. The molecule has 0 spiro atoms. The topological polar surface area (TPSA) is 354 Å². The van der Waals surface area contributed by atoms with E-state index in [-0.39, 0.29) is 81.0 Å².